The lowest BCUT2D eigenvalue weighted by molar-refractivity contribution is -0.141. The number of allylic oxidation sites excluding steroid dienone is 1. The molecule has 1 N–H and O–H groups in total. The third-order valence-corrected chi connectivity index (χ3v) is 2.59. The summed E-state index contributed by atoms with van der Waals surface area (Å²) in [5, 5.41) is 9.73. The Hall–Kier alpha value is -1.28. The Morgan fingerprint density at radius 2 is 2.00 bits per heavy atom. The number of rotatable bonds is 5. The Labute approximate surface area is 101 Å². The van der Waals surface area contributed by atoms with Gasteiger partial charge < -0.3 is 5.11 Å². The van der Waals surface area contributed by atoms with Gasteiger partial charge in [0.25, 0.3) is 0 Å². The van der Waals surface area contributed by atoms with Crippen LogP contribution in [0.2, 0.25) is 5.02 Å². The summed E-state index contributed by atoms with van der Waals surface area (Å²) in [5.41, 5.74) is 1.87. The minimum absolute atomic E-state index is 0.404. The molecular formula is C13H15ClO2. The Morgan fingerprint density at radius 1 is 1.44 bits per heavy atom. The molecule has 0 radical (unpaired) electrons. The van der Waals surface area contributed by atoms with E-state index in [1.807, 2.05) is 19.1 Å². The van der Waals surface area contributed by atoms with E-state index >= 15 is 0 Å². The van der Waals surface area contributed by atoms with Crippen LogP contribution in [-0.2, 0) is 11.2 Å². The van der Waals surface area contributed by atoms with Crippen LogP contribution in [0.4, 0.5) is 0 Å². The zero-order chi connectivity index (χ0) is 12.1. The van der Waals surface area contributed by atoms with Crippen LogP contribution in [0.15, 0.2) is 36.4 Å². The highest BCUT2D eigenvalue weighted by molar-refractivity contribution is 6.30. The van der Waals surface area contributed by atoms with Crippen molar-refractivity contribution in [2.45, 2.75) is 19.8 Å². The summed E-state index contributed by atoms with van der Waals surface area (Å²) in [7, 11) is 0. The van der Waals surface area contributed by atoms with Gasteiger partial charge in [0.2, 0.25) is 0 Å². The van der Waals surface area contributed by atoms with E-state index in [-0.39, 0.29) is 0 Å². The molecule has 1 rings (SSSR count). The van der Waals surface area contributed by atoms with Gasteiger partial charge in [-0.05, 0) is 37.5 Å². The first-order valence-electron chi connectivity index (χ1n) is 5.10. The van der Waals surface area contributed by atoms with E-state index in [0.717, 1.165) is 11.1 Å². The number of hydrogen-bond acceptors (Lipinski definition) is 1. The topological polar surface area (TPSA) is 37.3 Å². The zero-order valence-corrected chi connectivity index (χ0v) is 10.00. The Morgan fingerprint density at radius 3 is 2.44 bits per heavy atom. The SMILES string of the molecule is C=C(C)CC(Cc1ccc(Cl)cc1)C(=O)O. The lowest BCUT2D eigenvalue weighted by atomic mass is 9.94. The summed E-state index contributed by atoms with van der Waals surface area (Å²) in [6, 6.07) is 7.26. The number of carboxylic acids is 1. The van der Waals surface area contributed by atoms with Crippen molar-refractivity contribution in [3.8, 4) is 0 Å². The fraction of sp³-hybridized carbons (Fsp3) is 0.308. The molecule has 0 aliphatic heterocycles. The van der Waals surface area contributed by atoms with Gasteiger partial charge in [-0.2, -0.15) is 0 Å². The van der Waals surface area contributed by atoms with Crippen LogP contribution >= 0.6 is 11.6 Å². The minimum atomic E-state index is -0.780. The van der Waals surface area contributed by atoms with Crippen LogP contribution in [0.1, 0.15) is 18.9 Å². The molecule has 0 amide bonds. The van der Waals surface area contributed by atoms with Crippen LogP contribution in [0, 0.1) is 5.92 Å². The van der Waals surface area contributed by atoms with Crippen molar-refractivity contribution >= 4 is 17.6 Å². The molecule has 16 heavy (non-hydrogen) atoms. The summed E-state index contributed by atoms with van der Waals surface area (Å²) < 4.78 is 0. The number of halogens is 1. The van der Waals surface area contributed by atoms with Gasteiger partial charge in [0.1, 0.15) is 0 Å². The first-order valence-corrected chi connectivity index (χ1v) is 5.48. The van der Waals surface area contributed by atoms with Gasteiger partial charge in [0.05, 0.1) is 5.92 Å². The van der Waals surface area contributed by atoms with Crippen LogP contribution < -0.4 is 0 Å². The number of carbonyl (C=O) groups is 1. The summed E-state index contributed by atoms with van der Waals surface area (Å²) in [6.45, 7) is 5.59. The second kappa shape index (κ2) is 5.71. The molecule has 0 saturated heterocycles. The summed E-state index contributed by atoms with van der Waals surface area (Å²) in [4.78, 5) is 11.0. The zero-order valence-electron chi connectivity index (χ0n) is 9.24. The quantitative estimate of drug-likeness (QED) is 0.797. The molecule has 1 aromatic carbocycles. The van der Waals surface area contributed by atoms with Gasteiger partial charge >= 0.3 is 5.97 Å². The van der Waals surface area contributed by atoms with E-state index in [1.165, 1.54) is 0 Å². The van der Waals surface area contributed by atoms with Crippen LogP contribution in [-0.4, -0.2) is 11.1 Å². The Balaban J connectivity index is 2.71. The maximum absolute atomic E-state index is 11.0. The van der Waals surface area contributed by atoms with Gasteiger partial charge in [0.15, 0.2) is 0 Å². The van der Waals surface area contributed by atoms with E-state index < -0.39 is 11.9 Å². The molecular weight excluding hydrogens is 224 g/mol. The molecule has 2 nitrogen and oxygen atoms in total. The normalized spacial score (nSPS) is 12.1. The van der Waals surface area contributed by atoms with Gasteiger partial charge in [0, 0.05) is 5.02 Å². The minimum Gasteiger partial charge on any atom is -0.481 e. The average Bonchev–Trinajstić information content (AvgIpc) is 2.19. The van der Waals surface area contributed by atoms with Gasteiger partial charge in [-0.1, -0.05) is 29.3 Å². The lowest BCUT2D eigenvalue weighted by Gasteiger charge is -2.12. The van der Waals surface area contributed by atoms with Crippen LogP contribution in [0.25, 0.3) is 0 Å². The van der Waals surface area contributed by atoms with Gasteiger partial charge in [-0.3, -0.25) is 4.79 Å². The molecule has 0 aliphatic carbocycles. The lowest BCUT2D eigenvalue weighted by Crippen LogP contribution is -2.16. The largest absolute Gasteiger partial charge is 0.481 e. The van der Waals surface area contributed by atoms with Crippen molar-refractivity contribution in [2.75, 3.05) is 0 Å². The molecule has 0 bridgehead atoms. The smallest absolute Gasteiger partial charge is 0.307 e. The number of benzene rings is 1. The number of aliphatic carboxylic acids is 1. The highest BCUT2D eigenvalue weighted by Crippen LogP contribution is 2.18. The van der Waals surface area contributed by atoms with Crippen molar-refractivity contribution in [2.24, 2.45) is 5.92 Å². The first-order chi connectivity index (χ1) is 7.49. The predicted octanol–water partition coefficient (Wildman–Crippen LogP) is 3.55. The van der Waals surface area contributed by atoms with E-state index in [0.29, 0.717) is 17.9 Å². The van der Waals surface area contributed by atoms with Gasteiger partial charge in [-0.25, -0.2) is 0 Å². The summed E-state index contributed by atoms with van der Waals surface area (Å²) >= 11 is 5.76. The third-order valence-electron chi connectivity index (χ3n) is 2.34. The van der Waals surface area contributed by atoms with Crippen molar-refractivity contribution in [1.29, 1.82) is 0 Å². The predicted molar refractivity (Wildman–Crippen MR) is 65.7 cm³/mol. The number of hydrogen-bond donors (Lipinski definition) is 1. The Kier molecular flexibility index (Phi) is 4.56. The van der Waals surface area contributed by atoms with E-state index in [9.17, 15) is 4.79 Å². The highest BCUT2D eigenvalue weighted by Gasteiger charge is 2.17. The van der Waals surface area contributed by atoms with Crippen molar-refractivity contribution in [1.82, 2.24) is 0 Å². The maximum atomic E-state index is 11.0. The van der Waals surface area contributed by atoms with E-state index in [2.05, 4.69) is 6.58 Å². The molecule has 3 heteroatoms. The summed E-state index contributed by atoms with van der Waals surface area (Å²) in [5.74, 6) is -1.18. The van der Waals surface area contributed by atoms with Crippen LogP contribution in [0.5, 0.6) is 0 Å². The maximum Gasteiger partial charge on any atom is 0.307 e. The standard InChI is InChI=1S/C13H15ClO2/c1-9(2)7-11(13(15)16)8-10-3-5-12(14)6-4-10/h3-6,11H,1,7-8H2,2H3,(H,15,16). The van der Waals surface area contributed by atoms with Gasteiger partial charge in [-0.15, -0.1) is 6.58 Å². The fourth-order valence-electron chi connectivity index (χ4n) is 1.57. The molecule has 0 spiro atoms. The highest BCUT2D eigenvalue weighted by atomic mass is 35.5. The van der Waals surface area contributed by atoms with Crippen molar-refractivity contribution in [3.05, 3.63) is 47.0 Å². The third kappa shape index (κ3) is 4.07. The van der Waals surface area contributed by atoms with E-state index in [1.54, 1.807) is 12.1 Å². The van der Waals surface area contributed by atoms with Crippen LogP contribution in [0.3, 0.4) is 0 Å². The molecule has 0 aromatic heterocycles. The average molecular weight is 239 g/mol. The van der Waals surface area contributed by atoms with Crippen molar-refractivity contribution < 1.29 is 9.90 Å². The summed E-state index contributed by atoms with van der Waals surface area (Å²) in [6.07, 6.45) is 1.03. The first kappa shape index (κ1) is 12.8. The second-order valence-corrected chi connectivity index (χ2v) is 4.46. The Bertz CT molecular complexity index is 381. The molecule has 0 saturated carbocycles. The molecule has 0 heterocycles. The molecule has 0 aliphatic rings. The molecule has 86 valence electrons. The molecule has 1 atom stereocenters. The monoisotopic (exact) mass is 238 g/mol. The molecule has 1 unspecified atom stereocenters. The molecule has 1 aromatic rings. The van der Waals surface area contributed by atoms with E-state index in [4.69, 9.17) is 16.7 Å². The molecule has 0 fully saturated rings. The second-order valence-electron chi connectivity index (χ2n) is 4.03. The fourth-order valence-corrected chi connectivity index (χ4v) is 1.70. The van der Waals surface area contributed by atoms with Crippen molar-refractivity contribution in [3.63, 3.8) is 0 Å². The number of carboxylic acid groups (broad SMARTS) is 1.